The van der Waals surface area contributed by atoms with Gasteiger partial charge in [-0.2, -0.15) is 13.2 Å². The van der Waals surface area contributed by atoms with E-state index in [9.17, 15) is 18.0 Å². The topological polar surface area (TPSA) is 63.2 Å². The van der Waals surface area contributed by atoms with Crippen LogP contribution >= 0.6 is 11.6 Å². The highest BCUT2D eigenvalue weighted by atomic mass is 35.5. The molecule has 3 aromatic rings. The normalized spacial score (nSPS) is 17.6. The van der Waals surface area contributed by atoms with Gasteiger partial charge in [0.25, 0.3) is 5.91 Å². The summed E-state index contributed by atoms with van der Waals surface area (Å²) in [5, 5.41) is 5.43. The summed E-state index contributed by atoms with van der Waals surface area (Å²) in [4.78, 5) is 17.0. The molecule has 5 nitrogen and oxygen atoms in total. The van der Waals surface area contributed by atoms with Crippen molar-refractivity contribution in [2.24, 2.45) is 5.92 Å². The number of allylic oxidation sites excluding steroid dienone is 2. The number of halogens is 4. The first-order valence-electron chi connectivity index (χ1n) is 11.2. The summed E-state index contributed by atoms with van der Waals surface area (Å²) in [5.74, 6) is 0.577. The Balaban J connectivity index is 1.50. The average Bonchev–Trinajstić information content (AvgIpc) is 2.99. The second-order valence-corrected chi connectivity index (χ2v) is 8.83. The molecule has 2 N–H and O–H groups in total. The van der Waals surface area contributed by atoms with E-state index in [1.54, 1.807) is 36.5 Å². The van der Waals surface area contributed by atoms with Crippen molar-refractivity contribution in [3.8, 4) is 11.5 Å². The second-order valence-electron chi connectivity index (χ2n) is 8.42. The predicted octanol–water partition coefficient (Wildman–Crippen LogP) is 7.32. The molecule has 0 aliphatic carbocycles. The van der Waals surface area contributed by atoms with Crippen molar-refractivity contribution >= 4 is 28.8 Å². The lowest BCUT2D eigenvalue weighted by molar-refractivity contribution is -0.137. The van der Waals surface area contributed by atoms with Crippen LogP contribution in [0.4, 0.5) is 18.9 Å². The molecule has 0 radical (unpaired) electrons. The van der Waals surface area contributed by atoms with Crippen LogP contribution in [0.2, 0.25) is 5.02 Å². The third-order valence-corrected chi connectivity index (χ3v) is 6.07. The van der Waals surface area contributed by atoms with Crippen molar-refractivity contribution in [1.82, 2.24) is 10.3 Å². The van der Waals surface area contributed by atoms with Gasteiger partial charge in [0.2, 0.25) is 0 Å². The van der Waals surface area contributed by atoms with Gasteiger partial charge in [-0.1, -0.05) is 30.7 Å². The summed E-state index contributed by atoms with van der Waals surface area (Å²) in [7, 11) is 0. The monoisotopic (exact) mass is 513 g/mol. The number of alkyl halides is 3. The SMILES string of the molecule is CC1C=C(c2cc(Oc3cccc(NC(=O)c4ccc(Cl)c(C(F)(F)F)c4)c3)ccn2)C=CNC1C. The summed E-state index contributed by atoms with van der Waals surface area (Å²) in [6.45, 7) is 4.23. The van der Waals surface area contributed by atoms with Crippen LogP contribution in [0.5, 0.6) is 11.5 Å². The van der Waals surface area contributed by atoms with E-state index in [1.807, 2.05) is 18.3 Å². The van der Waals surface area contributed by atoms with E-state index < -0.39 is 22.7 Å². The molecule has 1 aromatic heterocycles. The van der Waals surface area contributed by atoms with Gasteiger partial charge in [0.1, 0.15) is 11.5 Å². The van der Waals surface area contributed by atoms with Crippen molar-refractivity contribution in [2.75, 3.05) is 5.32 Å². The maximum absolute atomic E-state index is 13.1. The predicted molar refractivity (Wildman–Crippen MR) is 134 cm³/mol. The lowest BCUT2D eigenvalue weighted by Gasteiger charge is -2.15. The van der Waals surface area contributed by atoms with Crippen LogP contribution in [0.15, 0.2) is 79.1 Å². The van der Waals surface area contributed by atoms with Crippen LogP contribution in [0.25, 0.3) is 5.57 Å². The third kappa shape index (κ3) is 6.07. The maximum atomic E-state index is 13.1. The molecule has 0 spiro atoms. The smallest absolute Gasteiger partial charge is 0.417 e. The molecule has 4 rings (SSSR count). The highest BCUT2D eigenvalue weighted by Gasteiger charge is 2.33. The van der Waals surface area contributed by atoms with Crippen LogP contribution in [0.1, 0.15) is 35.5 Å². The third-order valence-electron chi connectivity index (χ3n) is 5.74. The maximum Gasteiger partial charge on any atom is 0.417 e. The van der Waals surface area contributed by atoms with Gasteiger partial charge in [0.05, 0.1) is 16.3 Å². The summed E-state index contributed by atoms with van der Waals surface area (Å²) < 4.78 is 45.4. The van der Waals surface area contributed by atoms with Gasteiger partial charge in [-0.25, -0.2) is 0 Å². The summed E-state index contributed by atoms with van der Waals surface area (Å²) in [5.41, 5.74) is 0.838. The van der Waals surface area contributed by atoms with Gasteiger partial charge in [-0.3, -0.25) is 9.78 Å². The Labute approximate surface area is 211 Å². The highest BCUT2D eigenvalue weighted by Crippen LogP contribution is 2.35. The summed E-state index contributed by atoms with van der Waals surface area (Å²) >= 11 is 5.64. The van der Waals surface area contributed by atoms with E-state index >= 15 is 0 Å². The Bertz CT molecular complexity index is 1340. The van der Waals surface area contributed by atoms with Gasteiger partial charge in [-0.05, 0) is 67.1 Å². The zero-order chi connectivity index (χ0) is 25.9. The quantitative estimate of drug-likeness (QED) is 0.375. The van der Waals surface area contributed by atoms with E-state index in [0.29, 0.717) is 29.1 Å². The number of hydrogen-bond donors (Lipinski definition) is 2. The molecule has 1 aliphatic rings. The molecule has 2 unspecified atom stereocenters. The average molecular weight is 514 g/mol. The van der Waals surface area contributed by atoms with Crippen LogP contribution in [0, 0.1) is 5.92 Å². The highest BCUT2D eigenvalue weighted by molar-refractivity contribution is 6.31. The Hall–Kier alpha value is -3.78. The number of hydrogen-bond acceptors (Lipinski definition) is 4. The lowest BCUT2D eigenvalue weighted by atomic mass is 10.00. The molecule has 9 heteroatoms. The molecule has 0 saturated heterocycles. The molecule has 0 fully saturated rings. The van der Waals surface area contributed by atoms with E-state index in [2.05, 4.69) is 35.5 Å². The van der Waals surface area contributed by atoms with Gasteiger partial charge in [0, 0.05) is 35.6 Å². The number of ether oxygens (including phenoxy) is 1. The van der Waals surface area contributed by atoms with E-state index in [1.165, 1.54) is 6.07 Å². The Kier molecular flexibility index (Phi) is 7.35. The van der Waals surface area contributed by atoms with E-state index in [0.717, 1.165) is 23.4 Å². The zero-order valence-electron chi connectivity index (χ0n) is 19.4. The molecule has 1 aliphatic heterocycles. The van der Waals surface area contributed by atoms with Crippen molar-refractivity contribution < 1.29 is 22.7 Å². The Morgan fingerprint density at radius 3 is 2.64 bits per heavy atom. The lowest BCUT2D eigenvalue weighted by Crippen LogP contribution is -2.25. The Morgan fingerprint density at radius 1 is 1.08 bits per heavy atom. The number of aromatic nitrogens is 1. The van der Waals surface area contributed by atoms with Crippen molar-refractivity contribution in [1.29, 1.82) is 0 Å². The zero-order valence-corrected chi connectivity index (χ0v) is 20.2. The molecule has 1 amide bonds. The minimum atomic E-state index is -4.67. The summed E-state index contributed by atoms with van der Waals surface area (Å²) in [6.07, 6.45) is 2.99. The molecule has 2 atom stereocenters. The number of benzene rings is 2. The van der Waals surface area contributed by atoms with E-state index in [4.69, 9.17) is 16.3 Å². The fraction of sp³-hybridized carbons (Fsp3) is 0.185. The van der Waals surface area contributed by atoms with Crippen LogP contribution < -0.4 is 15.4 Å². The molecule has 2 heterocycles. The first-order valence-corrected chi connectivity index (χ1v) is 11.5. The number of pyridine rings is 1. The fourth-order valence-electron chi connectivity index (χ4n) is 3.59. The summed E-state index contributed by atoms with van der Waals surface area (Å²) in [6, 6.07) is 13.4. The molecular weight excluding hydrogens is 491 g/mol. The number of carbonyl (C=O) groups excluding carboxylic acids is 1. The first-order chi connectivity index (χ1) is 17.1. The van der Waals surface area contributed by atoms with Crippen molar-refractivity contribution in [2.45, 2.75) is 26.1 Å². The van der Waals surface area contributed by atoms with Crippen molar-refractivity contribution in [3.05, 3.63) is 101 Å². The minimum absolute atomic E-state index is 0.167. The van der Waals surface area contributed by atoms with Crippen LogP contribution in [-0.4, -0.2) is 16.9 Å². The first kappa shape index (κ1) is 25.3. The number of rotatable bonds is 5. The molecule has 0 bridgehead atoms. The van der Waals surface area contributed by atoms with Gasteiger partial charge >= 0.3 is 6.18 Å². The largest absolute Gasteiger partial charge is 0.457 e. The minimum Gasteiger partial charge on any atom is -0.457 e. The Morgan fingerprint density at radius 2 is 1.86 bits per heavy atom. The van der Waals surface area contributed by atoms with Gasteiger partial charge in [-0.15, -0.1) is 0 Å². The number of nitrogens with one attached hydrogen (secondary N) is 2. The van der Waals surface area contributed by atoms with Crippen LogP contribution in [-0.2, 0) is 6.18 Å². The number of amides is 1. The fourth-order valence-corrected chi connectivity index (χ4v) is 3.81. The number of carbonyl (C=O) groups is 1. The number of anilines is 1. The molecular formula is C27H23ClF3N3O2. The molecule has 186 valence electrons. The number of nitrogens with zero attached hydrogens (tertiary/aromatic N) is 1. The van der Waals surface area contributed by atoms with Crippen LogP contribution in [0.3, 0.4) is 0 Å². The molecule has 2 aromatic carbocycles. The standard InChI is InChI=1S/C27H23ClF3N3O2/c1-16-12-18(8-10-32-17(16)2)25-15-22(9-11-33-25)36-21-5-3-4-20(14-21)34-26(35)19-6-7-24(28)23(13-19)27(29,30)31/h3-17,32H,1-2H3,(H,34,35). The molecule has 0 saturated carbocycles. The molecule has 36 heavy (non-hydrogen) atoms. The van der Waals surface area contributed by atoms with E-state index in [-0.39, 0.29) is 5.56 Å². The van der Waals surface area contributed by atoms with Gasteiger partial charge < -0.3 is 15.4 Å². The van der Waals surface area contributed by atoms with Crippen molar-refractivity contribution in [3.63, 3.8) is 0 Å². The second kappa shape index (κ2) is 10.5. The van der Waals surface area contributed by atoms with Gasteiger partial charge in [0.15, 0.2) is 0 Å².